The molecule has 8 nitrogen and oxygen atoms in total. The van der Waals surface area contributed by atoms with E-state index < -0.39 is 5.44 Å². The van der Waals surface area contributed by atoms with Crippen LogP contribution in [0.3, 0.4) is 0 Å². The predicted molar refractivity (Wildman–Crippen MR) is 112 cm³/mol. The van der Waals surface area contributed by atoms with E-state index in [0.29, 0.717) is 29.8 Å². The van der Waals surface area contributed by atoms with Crippen molar-refractivity contribution < 1.29 is 23.9 Å². The molecule has 0 spiro atoms. The number of carbonyl (C=O) groups is 3. The first kappa shape index (κ1) is 20.9. The number of hydrogen-bond acceptors (Lipinski definition) is 7. The van der Waals surface area contributed by atoms with Crippen LogP contribution in [-0.2, 0) is 16.1 Å². The minimum absolute atomic E-state index is 0.109. The number of imide groups is 1. The van der Waals surface area contributed by atoms with E-state index in [1.54, 1.807) is 12.1 Å². The van der Waals surface area contributed by atoms with Gasteiger partial charge in [-0.2, -0.15) is 5.26 Å². The number of ether oxygens (including phenoxy) is 2. The summed E-state index contributed by atoms with van der Waals surface area (Å²) in [4.78, 5) is 40.0. The fourth-order valence-corrected chi connectivity index (χ4v) is 4.17. The summed E-state index contributed by atoms with van der Waals surface area (Å²) in [5.41, 5.74) is 0.745. The average Bonchev–Trinajstić information content (AvgIpc) is 3.06. The van der Waals surface area contributed by atoms with Crippen molar-refractivity contribution in [2.75, 3.05) is 19.9 Å². The van der Waals surface area contributed by atoms with Crippen molar-refractivity contribution >= 4 is 28.8 Å². The van der Waals surface area contributed by atoms with Crippen molar-refractivity contribution in [1.29, 1.82) is 5.26 Å². The highest BCUT2D eigenvalue weighted by molar-refractivity contribution is 8.15. The minimum Gasteiger partial charge on any atom is -0.472 e. The molecule has 2 aliphatic rings. The Morgan fingerprint density at radius 2 is 1.97 bits per heavy atom. The maximum Gasteiger partial charge on any atom is 0.291 e. The van der Waals surface area contributed by atoms with Gasteiger partial charge in [0.05, 0.1) is 30.3 Å². The first-order chi connectivity index (χ1) is 15.1. The number of benzene rings is 2. The van der Waals surface area contributed by atoms with Gasteiger partial charge in [-0.25, -0.2) is 0 Å². The molecule has 3 amide bonds. The summed E-state index contributed by atoms with van der Waals surface area (Å²) >= 11 is 0.862. The first-order valence-electron chi connectivity index (χ1n) is 9.70. The number of fused-ring (bicyclic) bond motifs is 1. The quantitative estimate of drug-likeness (QED) is 0.614. The highest BCUT2D eigenvalue weighted by atomic mass is 32.2. The molecule has 158 valence electrons. The number of carbonyl (C=O) groups excluding carboxylic acids is 3. The van der Waals surface area contributed by atoms with Crippen LogP contribution < -0.4 is 4.74 Å². The fourth-order valence-electron chi connectivity index (χ4n) is 3.32. The van der Waals surface area contributed by atoms with E-state index in [4.69, 9.17) is 14.7 Å². The molecule has 1 fully saturated rings. The normalized spacial score (nSPS) is 18.0. The monoisotopic (exact) mass is 437 g/mol. The Morgan fingerprint density at radius 1 is 1.16 bits per heavy atom. The Bertz CT molecular complexity index is 1050. The second kappa shape index (κ2) is 9.20. The topological polar surface area (TPSA) is 99.9 Å². The molecule has 0 N–H and O–H groups in total. The van der Waals surface area contributed by atoms with Crippen LogP contribution >= 0.6 is 11.8 Å². The van der Waals surface area contributed by atoms with E-state index in [-0.39, 0.29) is 36.9 Å². The molecule has 4 rings (SSSR count). The van der Waals surface area contributed by atoms with Crippen LogP contribution in [0.4, 0.5) is 4.79 Å². The zero-order chi connectivity index (χ0) is 21.8. The van der Waals surface area contributed by atoms with Crippen LogP contribution in [0.2, 0.25) is 0 Å². The Morgan fingerprint density at radius 3 is 2.74 bits per heavy atom. The largest absolute Gasteiger partial charge is 0.472 e. The van der Waals surface area contributed by atoms with Crippen LogP contribution in [0.15, 0.2) is 48.5 Å². The molecule has 0 aromatic heterocycles. The van der Waals surface area contributed by atoms with Gasteiger partial charge in [-0.05, 0) is 41.9 Å². The molecule has 0 saturated carbocycles. The van der Waals surface area contributed by atoms with Crippen molar-refractivity contribution in [3.8, 4) is 11.8 Å². The van der Waals surface area contributed by atoms with Gasteiger partial charge in [-0.1, -0.05) is 30.3 Å². The molecular weight excluding hydrogens is 418 g/mol. The van der Waals surface area contributed by atoms with Crippen molar-refractivity contribution in [3.63, 3.8) is 0 Å². The van der Waals surface area contributed by atoms with E-state index in [2.05, 4.69) is 0 Å². The number of rotatable bonds is 7. The van der Waals surface area contributed by atoms with E-state index in [9.17, 15) is 14.4 Å². The van der Waals surface area contributed by atoms with Gasteiger partial charge in [-0.3, -0.25) is 19.3 Å². The Labute approximate surface area is 183 Å². The third-order valence-electron chi connectivity index (χ3n) is 4.92. The van der Waals surface area contributed by atoms with Crippen molar-refractivity contribution in [2.45, 2.75) is 18.4 Å². The molecule has 1 saturated heterocycles. The summed E-state index contributed by atoms with van der Waals surface area (Å²) in [6, 6.07) is 16.0. The van der Waals surface area contributed by atoms with E-state index in [1.165, 1.54) is 15.9 Å². The van der Waals surface area contributed by atoms with Crippen LogP contribution in [-0.4, -0.2) is 52.2 Å². The van der Waals surface area contributed by atoms with Gasteiger partial charge in [0.15, 0.2) is 12.2 Å². The molecule has 0 aliphatic carbocycles. The van der Waals surface area contributed by atoms with Crippen LogP contribution in [0.5, 0.6) is 5.75 Å². The Hall–Kier alpha value is -3.35. The SMILES string of the molecule is N#Cc1ccc2c(c1)C(=O)N(CCCOC1SC(=O)N(Cc3ccccc3)C1=O)CO2. The van der Waals surface area contributed by atoms with Crippen molar-refractivity contribution in [3.05, 3.63) is 65.2 Å². The van der Waals surface area contributed by atoms with Gasteiger partial charge in [0, 0.05) is 6.54 Å². The molecule has 2 heterocycles. The maximum absolute atomic E-state index is 12.6. The van der Waals surface area contributed by atoms with E-state index in [1.807, 2.05) is 36.4 Å². The summed E-state index contributed by atoms with van der Waals surface area (Å²) in [7, 11) is 0. The van der Waals surface area contributed by atoms with Crippen LogP contribution in [0, 0.1) is 11.3 Å². The van der Waals surface area contributed by atoms with Gasteiger partial charge in [0.2, 0.25) is 0 Å². The lowest BCUT2D eigenvalue weighted by Gasteiger charge is -2.28. The van der Waals surface area contributed by atoms with Gasteiger partial charge in [0.25, 0.3) is 17.1 Å². The smallest absolute Gasteiger partial charge is 0.291 e. The molecule has 0 radical (unpaired) electrons. The number of hydrogen-bond donors (Lipinski definition) is 0. The molecular formula is C22H19N3O5S. The second-order valence-electron chi connectivity index (χ2n) is 7.01. The average molecular weight is 437 g/mol. The Kier molecular flexibility index (Phi) is 6.21. The zero-order valence-corrected chi connectivity index (χ0v) is 17.3. The minimum atomic E-state index is -0.872. The van der Waals surface area contributed by atoms with Crippen LogP contribution in [0.1, 0.15) is 27.9 Å². The van der Waals surface area contributed by atoms with Crippen LogP contribution in [0.25, 0.3) is 0 Å². The summed E-state index contributed by atoms with van der Waals surface area (Å²) in [6.07, 6.45) is 0.472. The van der Waals surface area contributed by atoms with Gasteiger partial charge in [-0.15, -0.1) is 0 Å². The van der Waals surface area contributed by atoms with Crippen molar-refractivity contribution in [2.24, 2.45) is 0 Å². The third-order valence-corrected chi connectivity index (χ3v) is 5.90. The molecule has 0 bridgehead atoms. The van der Waals surface area contributed by atoms with Gasteiger partial charge in [0.1, 0.15) is 5.75 Å². The summed E-state index contributed by atoms with van der Waals surface area (Å²) < 4.78 is 11.2. The van der Waals surface area contributed by atoms with E-state index in [0.717, 1.165) is 17.3 Å². The van der Waals surface area contributed by atoms with E-state index >= 15 is 0 Å². The molecule has 31 heavy (non-hydrogen) atoms. The number of nitriles is 1. The molecule has 1 unspecified atom stereocenters. The highest BCUT2D eigenvalue weighted by Gasteiger charge is 2.40. The van der Waals surface area contributed by atoms with Gasteiger partial charge >= 0.3 is 0 Å². The second-order valence-corrected chi connectivity index (χ2v) is 8.03. The summed E-state index contributed by atoms with van der Waals surface area (Å²) in [6.45, 7) is 0.903. The molecule has 2 aliphatic heterocycles. The summed E-state index contributed by atoms with van der Waals surface area (Å²) in [5, 5.41) is 8.69. The number of thioether (sulfide) groups is 1. The van der Waals surface area contributed by atoms with Gasteiger partial charge < -0.3 is 14.4 Å². The lowest BCUT2D eigenvalue weighted by Crippen LogP contribution is -2.39. The molecule has 2 aromatic rings. The van der Waals surface area contributed by atoms with Crippen molar-refractivity contribution in [1.82, 2.24) is 9.80 Å². The predicted octanol–water partition coefficient (Wildman–Crippen LogP) is 2.98. The first-order valence-corrected chi connectivity index (χ1v) is 10.6. The molecule has 1 atom stereocenters. The summed E-state index contributed by atoms with van der Waals surface area (Å²) in [5.74, 6) is -0.121. The maximum atomic E-state index is 12.6. The Balaban J connectivity index is 1.26. The highest BCUT2D eigenvalue weighted by Crippen LogP contribution is 2.30. The lowest BCUT2D eigenvalue weighted by molar-refractivity contribution is -0.134. The number of amides is 3. The molecule has 9 heteroatoms. The zero-order valence-electron chi connectivity index (χ0n) is 16.5. The molecule has 2 aromatic carbocycles. The third kappa shape index (κ3) is 4.55. The standard InChI is InChI=1S/C22H19N3O5S/c23-12-16-7-8-18-17(11-16)19(26)24(14-30-18)9-4-10-29-21-20(27)25(22(28)31-21)13-15-5-2-1-3-6-15/h1-3,5-8,11,21H,4,9-10,13-14H2. The fraction of sp³-hybridized carbons (Fsp3) is 0.273. The number of nitrogens with zero attached hydrogens (tertiary/aromatic N) is 3. The lowest BCUT2D eigenvalue weighted by atomic mass is 10.1.